The highest BCUT2D eigenvalue weighted by molar-refractivity contribution is 5.94. The van der Waals surface area contributed by atoms with Crippen molar-refractivity contribution in [2.45, 2.75) is 51.6 Å². The SMILES string of the molecule is CCOC(=O)C1=C(COC(=O)CCc2nc3ccccc3c(=O)n2C2CC2)NC(=O)NC1C. The average Bonchev–Trinajstić information content (AvgIpc) is 3.61. The molecule has 174 valence electrons. The maximum Gasteiger partial charge on any atom is 0.338 e. The first-order valence-corrected chi connectivity index (χ1v) is 11.0. The molecule has 10 nitrogen and oxygen atoms in total. The maximum absolute atomic E-state index is 12.9. The van der Waals surface area contributed by atoms with E-state index in [4.69, 9.17) is 9.47 Å². The first-order chi connectivity index (χ1) is 15.9. The number of nitrogens with zero attached hydrogens (tertiary/aromatic N) is 2. The number of hydrogen-bond donors (Lipinski definition) is 2. The number of ether oxygens (including phenoxy) is 2. The third kappa shape index (κ3) is 4.89. The molecule has 1 fully saturated rings. The Morgan fingerprint density at radius 1 is 1.18 bits per heavy atom. The molecule has 0 spiro atoms. The van der Waals surface area contributed by atoms with E-state index in [-0.39, 0.29) is 48.9 Å². The molecular weight excluding hydrogens is 428 g/mol. The number of esters is 2. The molecule has 2 amide bonds. The van der Waals surface area contributed by atoms with Crippen LogP contribution in [0.2, 0.25) is 0 Å². The fraction of sp³-hybridized carbons (Fsp3) is 0.435. The third-order valence-corrected chi connectivity index (χ3v) is 5.59. The fourth-order valence-electron chi connectivity index (χ4n) is 3.91. The zero-order valence-electron chi connectivity index (χ0n) is 18.6. The van der Waals surface area contributed by atoms with Gasteiger partial charge in [0, 0.05) is 12.5 Å². The van der Waals surface area contributed by atoms with E-state index in [1.165, 1.54) is 0 Å². The van der Waals surface area contributed by atoms with Gasteiger partial charge in [0.25, 0.3) is 5.56 Å². The van der Waals surface area contributed by atoms with Crippen LogP contribution in [0.15, 0.2) is 40.3 Å². The summed E-state index contributed by atoms with van der Waals surface area (Å²) in [5.41, 5.74) is 0.903. The van der Waals surface area contributed by atoms with Gasteiger partial charge in [0.15, 0.2) is 0 Å². The lowest BCUT2D eigenvalue weighted by Crippen LogP contribution is -2.50. The molecule has 2 heterocycles. The minimum absolute atomic E-state index is 0.00126. The normalized spacial score (nSPS) is 18.0. The van der Waals surface area contributed by atoms with Gasteiger partial charge in [-0.05, 0) is 38.8 Å². The predicted octanol–water partition coefficient (Wildman–Crippen LogP) is 1.73. The highest BCUT2D eigenvalue weighted by Crippen LogP contribution is 2.35. The van der Waals surface area contributed by atoms with Crippen molar-refractivity contribution in [1.82, 2.24) is 20.2 Å². The van der Waals surface area contributed by atoms with Crippen LogP contribution in [-0.4, -0.2) is 46.8 Å². The number of amides is 2. The Morgan fingerprint density at radius 3 is 2.67 bits per heavy atom. The van der Waals surface area contributed by atoms with Gasteiger partial charge >= 0.3 is 18.0 Å². The molecule has 0 saturated heterocycles. The van der Waals surface area contributed by atoms with Crippen molar-refractivity contribution >= 4 is 28.9 Å². The molecule has 2 aliphatic rings. The Bertz CT molecular complexity index is 1200. The Balaban J connectivity index is 1.46. The van der Waals surface area contributed by atoms with Crippen LogP contribution in [0, 0.1) is 0 Å². The monoisotopic (exact) mass is 454 g/mol. The van der Waals surface area contributed by atoms with Crippen molar-refractivity contribution in [2.24, 2.45) is 0 Å². The van der Waals surface area contributed by atoms with E-state index in [0.29, 0.717) is 16.7 Å². The first kappa shape index (κ1) is 22.5. The van der Waals surface area contributed by atoms with Crippen LogP contribution in [0.25, 0.3) is 10.9 Å². The number of aryl methyl sites for hydroxylation is 1. The summed E-state index contributed by atoms with van der Waals surface area (Å²) in [6.07, 6.45) is 2.06. The van der Waals surface area contributed by atoms with Crippen LogP contribution in [-0.2, 0) is 25.5 Å². The van der Waals surface area contributed by atoms with Gasteiger partial charge in [-0.1, -0.05) is 12.1 Å². The quantitative estimate of drug-likeness (QED) is 0.581. The first-order valence-electron chi connectivity index (χ1n) is 11.0. The number of hydrogen-bond acceptors (Lipinski definition) is 7. The van der Waals surface area contributed by atoms with E-state index < -0.39 is 24.0 Å². The van der Waals surface area contributed by atoms with Gasteiger partial charge in [0.1, 0.15) is 12.4 Å². The number of benzene rings is 1. The van der Waals surface area contributed by atoms with Crippen LogP contribution in [0.5, 0.6) is 0 Å². The van der Waals surface area contributed by atoms with E-state index in [0.717, 1.165) is 12.8 Å². The number of nitrogens with one attached hydrogen (secondary N) is 2. The van der Waals surface area contributed by atoms with Crippen molar-refractivity contribution in [1.29, 1.82) is 0 Å². The Labute approximate surface area is 190 Å². The Kier molecular flexibility index (Phi) is 6.43. The standard InChI is InChI=1S/C23H26N4O6/c1-3-32-22(30)20-13(2)24-23(31)26-17(20)12-33-19(28)11-10-18-25-16-7-5-4-6-15(16)21(29)27(18)14-8-9-14/h4-7,13-14H,3,8-12H2,1-2H3,(H2,24,26,31). The van der Waals surface area contributed by atoms with Crippen molar-refractivity contribution in [3.63, 3.8) is 0 Å². The molecule has 4 rings (SSSR count). The zero-order chi connectivity index (χ0) is 23.5. The van der Waals surface area contributed by atoms with Crippen LogP contribution >= 0.6 is 0 Å². The largest absolute Gasteiger partial charge is 0.463 e. The van der Waals surface area contributed by atoms with Gasteiger partial charge in [0.05, 0.1) is 41.2 Å². The minimum atomic E-state index is -0.586. The highest BCUT2D eigenvalue weighted by Gasteiger charge is 2.31. The van der Waals surface area contributed by atoms with Gasteiger partial charge in [-0.15, -0.1) is 0 Å². The molecule has 1 aliphatic carbocycles. The number of rotatable bonds is 8. The van der Waals surface area contributed by atoms with Crippen LogP contribution < -0.4 is 16.2 Å². The Hall–Kier alpha value is -3.69. The molecule has 2 N–H and O–H groups in total. The highest BCUT2D eigenvalue weighted by atomic mass is 16.5. The smallest absolute Gasteiger partial charge is 0.338 e. The number of fused-ring (bicyclic) bond motifs is 1. The number of carbonyl (C=O) groups is 3. The number of carbonyl (C=O) groups excluding carboxylic acids is 3. The summed E-state index contributed by atoms with van der Waals surface area (Å²) in [5, 5.41) is 5.66. The van der Waals surface area contributed by atoms with E-state index >= 15 is 0 Å². The molecule has 0 radical (unpaired) electrons. The predicted molar refractivity (Wildman–Crippen MR) is 118 cm³/mol. The van der Waals surface area contributed by atoms with E-state index in [1.807, 2.05) is 6.07 Å². The summed E-state index contributed by atoms with van der Waals surface area (Å²) in [4.78, 5) is 54.1. The number of urea groups is 1. The van der Waals surface area contributed by atoms with Gasteiger partial charge in [-0.3, -0.25) is 14.2 Å². The van der Waals surface area contributed by atoms with Crippen LogP contribution in [0.4, 0.5) is 4.79 Å². The second-order valence-electron chi connectivity index (χ2n) is 8.05. The molecular formula is C23H26N4O6. The summed E-state index contributed by atoms with van der Waals surface area (Å²) in [7, 11) is 0. The fourth-order valence-corrected chi connectivity index (χ4v) is 3.91. The lowest BCUT2D eigenvalue weighted by Gasteiger charge is -2.26. The minimum Gasteiger partial charge on any atom is -0.463 e. The second kappa shape index (κ2) is 9.43. The average molecular weight is 454 g/mol. The lowest BCUT2D eigenvalue weighted by molar-refractivity contribution is -0.143. The number of para-hydroxylation sites is 1. The van der Waals surface area contributed by atoms with Gasteiger partial charge in [-0.2, -0.15) is 0 Å². The molecule has 1 aliphatic heterocycles. The van der Waals surface area contributed by atoms with Gasteiger partial charge in [-0.25, -0.2) is 14.6 Å². The molecule has 1 atom stereocenters. The van der Waals surface area contributed by atoms with Crippen molar-refractivity contribution in [3.05, 3.63) is 51.7 Å². The topological polar surface area (TPSA) is 129 Å². The van der Waals surface area contributed by atoms with Gasteiger partial charge in [0.2, 0.25) is 0 Å². The summed E-state index contributed by atoms with van der Waals surface area (Å²) in [6, 6.07) is 6.20. The summed E-state index contributed by atoms with van der Waals surface area (Å²) < 4.78 is 12.1. The van der Waals surface area contributed by atoms with E-state index in [9.17, 15) is 19.2 Å². The number of aromatic nitrogens is 2. The Morgan fingerprint density at radius 2 is 1.94 bits per heavy atom. The van der Waals surface area contributed by atoms with Crippen LogP contribution in [0.1, 0.15) is 45.0 Å². The van der Waals surface area contributed by atoms with Crippen molar-refractivity contribution in [2.75, 3.05) is 13.2 Å². The van der Waals surface area contributed by atoms with Crippen LogP contribution in [0.3, 0.4) is 0 Å². The molecule has 10 heteroatoms. The van der Waals surface area contributed by atoms with Crippen molar-refractivity contribution < 1.29 is 23.9 Å². The summed E-state index contributed by atoms with van der Waals surface area (Å²) in [5.74, 6) is -0.568. The molecule has 33 heavy (non-hydrogen) atoms. The summed E-state index contributed by atoms with van der Waals surface area (Å²) in [6.45, 7) is 3.23. The molecule has 1 aromatic heterocycles. The molecule has 1 aromatic carbocycles. The third-order valence-electron chi connectivity index (χ3n) is 5.59. The lowest BCUT2D eigenvalue weighted by atomic mass is 10.0. The molecule has 1 unspecified atom stereocenters. The molecule has 2 aromatic rings. The molecule has 1 saturated carbocycles. The maximum atomic E-state index is 12.9. The van der Waals surface area contributed by atoms with E-state index in [2.05, 4.69) is 15.6 Å². The molecule has 0 bridgehead atoms. The van der Waals surface area contributed by atoms with E-state index in [1.54, 1.807) is 36.6 Å². The summed E-state index contributed by atoms with van der Waals surface area (Å²) >= 11 is 0. The second-order valence-corrected chi connectivity index (χ2v) is 8.05. The van der Waals surface area contributed by atoms with Crippen molar-refractivity contribution in [3.8, 4) is 0 Å². The van der Waals surface area contributed by atoms with Gasteiger partial charge < -0.3 is 20.1 Å². The zero-order valence-corrected chi connectivity index (χ0v) is 18.6.